The molecule has 0 atom stereocenters. The fourth-order valence-corrected chi connectivity index (χ4v) is 5.41. The van der Waals surface area contributed by atoms with Gasteiger partial charge in [0.1, 0.15) is 10.9 Å². The molecule has 4 nitrogen and oxygen atoms in total. The first-order valence-electron chi connectivity index (χ1n) is 11.6. The molecule has 2 heterocycles. The van der Waals surface area contributed by atoms with E-state index in [9.17, 15) is 4.79 Å². The molecule has 1 N–H and O–H groups in total. The molecule has 1 aromatic heterocycles. The average Bonchev–Trinajstić information content (AvgIpc) is 3.33. The Balaban J connectivity index is 1.57. The first-order valence-corrected chi connectivity index (χ1v) is 12.4. The van der Waals surface area contributed by atoms with Crippen LogP contribution in [0.4, 0.5) is 5.69 Å². The molecule has 6 heteroatoms. The Morgan fingerprint density at radius 2 is 1.75 bits per heavy atom. The molecule has 1 aliphatic rings. The Hall–Kier alpha value is -3.73. The summed E-state index contributed by atoms with van der Waals surface area (Å²) in [4.78, 5) is 13.2. The second-order valence-corrected chi connectivity index (χ2v) is 9.77. The molecule has 0 spiro atoms. The van der Waals surface area contributed by atoms with Gasteiger partial charge in [-0.25, -0.2) is 0 Å². The Morgan fingerprint density at radius 1 is 0.972 bits per heavy atom. The van der Waals surface area contributed by atoms with Crippen molar-refractivity contribution in [1.82, 2.24) is 4.57 Å². The Labute approximate surface area is 218 Å². The number of ether oxygens (including phenoxy) is 1. The number of amides is 1. The highest BCUT2D eigenvalue weighted by atomic mass is 35.5. The zero-order valence-electron chi connectivity index (χ0n) is 19.7. The van der Waals surface area contributed by atoms with E-state index in [1.165, 1.54) is 0 Å². The lowest BCUT2D eigenvalue weighted by atomic mass is 9.99. The zero-order chi connectivity index (χ0) is 25.0. The quantitative estimate of drug-likeness (QED) is 0.248. The van der Waals surface area contributed by atoms with Crippen molar-refractivity contribution in [2.24, 2.45) is 0 Å². The van der Waals surface area contributed by atoms with Gasteiger partial charge in [-0.3, -0.25) is 4.79 Å². The minimum atomic E-state index is -0.143. The van der Waals surface area contributed by atoms with E-state index >= 15 is 0 Å². The minimum Gasteiger partial charge on any atom is -0.496 e. The van der Waals surface area contributed by atoms with Gasteiger partial charge in [0, 0.05) is 39.0 Å². The van der Waals surface area contributed by atoms with Gasteiger partial charge >= 0.3 is 0 Å². The number of benzene rings is 4. The van der Waals surface area contributed by atoms with Crippen molar-refractivity contribution in [3.8, 4) is 5.75 Å². The third-order valence-electron chi connectivity index (χ3n) is 6.80. The molecular formula is C30H22Cl2N2O2. The summed E-state index contributed by atoms with van der Waals surface area (Å²) in [7, 11) is 1.66. The summed E-state index contributed by atoms with van der Waals surface area (Å²) in [5, 5.41) is 7.33. The van der Waals surface area contributed by atoms with Gasteiger partial charge in [-0.2, -0.15) is 0 Å². The SMILES string of the molecule is COc1cc2c(/C=C3/C(=O)Nc4c3ccc3ccccc43)c(Cl)n(Cc3ccc(Cl)cc3)c2cc1C. The number of aromatic nitrogens is 1. The number of rotatable bonds is 4. The van der Waals surface area contributed by atoms with Gasteiger partial charge in [0.2, 0.25) is 0 Å². The molecule has 6 rings (SSSR count). The monoisotopic (exact) mass is 512 g/mol. The molecule has 178 valence electrons. The highest BCUT2D eigenvalue weighted by Crippen LogP contribution is 2.42. The Bertz CT molecular complexity index is 1720. The number of hydrogen-bond acceptors (Lipinski definition) is 2. The van der Waals surface area contributed by atoms with Crippen LogP contribution >= 0.6 is 23.2 Å². The number of hydrogen-bond donors (Lipinski definition) is 1. The van der Waals surface area contributed by atoms with Gasteiger partial charge in [0.25, 0.3) is 5.91 Å². The standard InChI is InChI=1S/C30H22Cl2N2O2/c1-17-13-26-23(15-27(17)36-2)24(29(32)34(26)16-18-7-10-20(31)11-8-18)14-25-22-12-9-19-5-3-4-6-21(19)28(22)33-30(25)35/h3-15H,16H2,1-2H3,(H,33,35)/b25-14+. The largest absolute Gasteiger partial charge is 0.496 e. The molecule has 1 aliphatic heterocycles. The van der Waals surface area contributed by atoms with E-state index in [0.717, 1.165) is 55.4 Å². The number of anilines is 1. The third kappa shape index (κ3) is 3.65. The van der Waals surface area contributed by atoms with Crippen LogP contribution in [0.25, 0.3) is 33.3 Å². The van der Waals surface area contributed by atoms with Crippen LogP contribution < -0.4 is 10.1 Å². The fourth-order valence-electron chi connectivity index (χ4n) is 4.98. The number of halogens is 2. The molecule has 0 saturated heterocycles. The van der Waals surface area contributed by atoms with Crippen LogP contribution in [0.1, 0.15) is 22.3 Å². The fraction of sp³-hybridized carbons (Fsp3) is 0.100. The van der Waals surface area contributed by atoms with Crippen LogP contribution in [0.2, 0.25) is 10.2 Å². The molecule has 0 bridgehead atoms. The van der Waals surface area contributed by atoms with Crippen molar-refractivity contribution in [3.63, 3.8) is 0 Å². The normalized spacial score (nSPS) is 14.0. The minimum absolute atomic E-state index is 0.143. The van der Waals surface area contributed by atoms with Crippen molar-refractivity contribution >= 4 is 68.1 Å². The Morgan fingerprint density at radius 3 is 2.53 bits per heavy atom. The van der Waals surface area contributed by atoms with Gasteiger partial charge in [0.15, 0.2) is 0 Å². The van der Waals surface area contributed by atoms with E-state index in [4.69, 9.17) is 27.9 Å². The van der Waals surface area contributed by atoms with E-state index < -0.39 is 0 Å². The average molecular weight is 513 g/mol. The smallest absolute Gasteiger partial charge is 0.256 e. The summed E-state index contributed by atoms with van der Waals surface area (Å²) < 4.78 is 7.68. The summed E-state index contributed by atoms with van der Waals surface area (Å²) in [6.07, 6.45) is 1.90. The first kappa shape index (κ1) is 22.7. The topological polar surface area (TPSA) is 43.3 Å². The lowest BCUT2D eigenvalue weighted by Crippen LogP contribution is -2.04. The van der Waals surface area contributed by atoms with Crippen LogP contribution in [0.15, 0.2) is 72.8 Å². The molecule has 0 aliphatic carbocycles. The lowest BCUT2D eigenvalue weighted by Gasteiger charge is -2.09. The van der Waals surface area contributed by atoms with E-state index in [1.807, 2.05) is 79.7 Å². The molecule has 0 radical (unpaired) electrons. The number of fused-ring (bicyclic) bond motifs is 4. The van der Waals surface area contributed by atoms with Gasteiger partial charge in [-0.15, -0.1) is 0 Å². The molecule has 0 fully saturated rings. The molecular weight excluding hydrogens is 491 g/mol. The van der Waals surface area contributed by atoms with Crippen molar-refractivity contribution < 1.29 is 9.53 Å². The number of carbonyl (C=O) groups excluding carboxylic acids is 1. The van der Waals surface area contributed by atoms with E-state index in [0.29, 0.717) is 22.3 Å². The highest BCUT2D eigenvalue weighted by molar-refractivity contribution is 6.39. The predicted octanol–water partition coefficient (Wildman–Crippen LogP) is 7.96. The number of nitrogens with zero attached hydrogens (tertiary/aromatic N) is 1. The van der Waals surface area contributed by atoms with Crippen molar-refractivity contribution in [3.05, 3.63) is 105 Å². The van der Waals surface area contributed by atoms with Crippen LogP contribution in [-0.4, -0.2) is 17.6 Å². The van der Waals surface area contributed by atoms with Gasteiger partial charge in [0.05, 0.1) is 18.3 Å². The molecule has 0 saturated carbocycles. The summed E-state index contributed by atoms with van der Waals surface area (Å²) in [6, 6.07) is 23.9. The summed E-state index contributed by atoms with van der Waals surface area (Å²) in [6.45, 7) is 2.57. The predicted molar refractivity (Wildman–Crippen MR) is 149 cm³/mol. The maximum atomic E-state index is 13.2. The second kappa shape index (κ2) is 8.74. The van der Waals surface area contributed by atoms with Crippen molar-refractivity contribution in [1.29, 1.82) is 0 Å². The van der Waals surface area contributed by atoms with Gasteiger partial charge in [-0.05, 0) is 53.8 Å². The van der Waals surface area contributed by atoms with Gasteiger partial charge < -0.3 is 14.6 Å². The third-order valence-corrected chi connectivity index (χ3v) is 7.46. The van der Waals surface area contributed by atoms with Crippen LogP contribution in [-0.2, 0) is 11.3 Å². The van der Waals surface area contributed by atoms with Crippen LogP contribution in [0.5, 0.6) is 5.75 Å². The van der Waals surface area contributed by atoms with Crippen LogP contribution in [0.3, 0.4) is 0 Å². The van der Waals surface area contributed by atoms with Crippen molar-refractivity contribution in [2.75, 3.05) is 12.4 Å². The number of nitrogens with one attached hydrogen (secondary N) is 1. The lowest BCUT2D eigenvalue weighted by molar-refractivity contribution is -0.110. The number of carbonyl (C=O) groups is 1. The number of methoxy groups -OCH3 is 1. The Kier molecular flexibility index (Phi) is 5.51. The molecule has 5 aromatic rings. The zero-order valence-corrected chi connectivity index (χ0v) is 21.2. The van der Waals surface area contributed by atoms with Gasteiger partial charge in [-0.1, -0.05) is 71.7 Å². The first-order chi connectivity index (χ1) is 17.4. The maximum absolute atomic E-state index is 13.2. The van der Waals surface area contributed by atoms with Crippen molar-refractivity contribution in [2.45, 2.75) is 13.5 Å². The molecule has 36 heavy (non-hydrogen) atoms. The van der Waals surface area contributed by atoms with Crippen LogP contribution in [0, 0.1) is 6.92 Å². The number of aryl methyl sites for hydroxylation is 1. The molecule has 1 amide bonds. The molecule has 4 aromatic carbocycles. The highest BCUT2D eigenvalue weighted by Gasteiger charge is 2.27. The summed E-state index contributed by atoms with van der Waals surface area (Å²) in [5.74, 6) is 0.625. The summed E-state index contributed by atoms with van der Waals surface area (Å²) >= 11 is 13.1. The second-order valence-electron chi connectivity index (χ2n) is 8.98. The van der Waals surface area contributed by atoms with E-state index in [-0.39, 0.29) is 5.91 Å². The maximum Gasteiger partial charge on any atom is 0.256 e. The summed E-state index contributed by atoms with van der Waals surface area (Å²) in [5.41, 5.74) is 6.11. The van der Waals surface area contributed by atoms with E-state index in [2.05, 4.69) is 16.0 Å². The van der Waals surface area contributed by atoms with E-state index in [1.54, 1.807) is 7.11 Å². The molecule has 0 unspecified atom stereocenters.